The number of hydrazine groups is 1. The Hall–Kier alpha value is -0.990. The van der Waals surface area contributed by atoms with Gasteiger partial charge >= 0.3 is 0 Å². The summed E-state index contributed by atoms with van der Waals surface area (Å²) in [6.07, 6.45) is 8.69. The largest absolute Gasteiger partial charge is 0.380 e. The molecular weight excluding hydrogens is 536 g/mol. The Balaban J connectivity index is 1.55. The van der Waals surface area contributed by atoms with Gasteiger partial charge < -0.3 is 20.9 Å². The molecule has 0 spiro atoms. The molecule has 0 aromatic rings. The van der Waals surface area contributed by atoms with E-state index in [1.54, 1.807) is 5.57 Å². The van der Waals surface area contributed by atoms with Crippen molar-refractivity contribution in [2.75, 3.05) is 19.8 Å². The molecule has 1 unspecified atom stereocenters. The summed E-state index contributed by atoms with van der Waals surface area (Å²) in [6.45, 7) is 24.9. The van der Waals surface area contributed by atoms with Gasteiger partial charge in [0.25, 0.3) is 0 Å². The first kappa shape index (κ1) is 33.4. The molecule has 7 heteroatoms. The molecule has 7 nitrogen and oxygen atoms in total. The molecule has 4 fully saturated rings. The maximum Gasteiger partial charge on any atom is 0.221 e. The molecule has 1 heterocycles. The summed E-state index contributed by atoms with van der Waals surface area (Å²) in [5.41, 5.74) is 16.9. The zero-order valence-corrected chi connectivity index (χ0v) is 29.0. The van der Waals surface area contributed by atoms with E-state index in [1.165, 1.54) is 0 Å². The molecule has 5 rings (SSSR count). The van der Waals surface area contributed by atoms with Crippen molar-refractivity contribution in [1.29, 1.82) is 0 Å². The van der Waals surface area contributed by atoms with Crippen LogP contribution >= 0.6 is 0 Å². The smallest absolute Gasteiger partial charge is 0.221 e. The number of carbonyl (C=O) groups excluding carboxylic acids is 1. The summed E-state index contributed by atoms with van der Waals surface area (Å²) in [5, 5.41) is 0. The minimum absolute atomic E-state index is 0.00813. The van der Waals surface area contributed by atoms with Gasteiger partial charge in [0, 0.05) is 28.3 Å². The van der Waals surface area contributed by atoms with Crippen molar-refractivity contribution in [3.63, 3.8) is 0 Å². The molecule has 1 amide bonds. The molecule has 5 aliphatic rings. The van der Waals surface area contributed by atoms with Crippen LogP contribution in [0.2, 0.25) is 0 Å². The minimum Gasteiger partial charge on any atom is -0.380 e. The van der Waals surface area contributed by atoms with E-state index in [1.807, 2.05) is 0 Å². The van der Waals surface area contributed by atoms with Crippen LogP contribution < -0.4 is 22.7 Å². The fraction of sp³-hybridized carbons (Fsp3) is 0.917. The third-order valence-corrected chi connectivity index (χ3v) is 15.3. The number of primary amides is 1. The van der Waals surface area contributed by atoms with Crippen molar-refractivity contribution >= 4 is 5.91 Å². The van der Waals surface area contributed by atoms with E-state index in [-0.39, 0.29) is 51.0 Å². The van der Waals surface area contributed by atoms with Gasteiger partial charge in [0.15, 0.2) is 0 Å². The lowest BCUT2D eigenvalue weighted by Crippen LogP contribution is -2.72. The lowest BCUT2D eigenvalue weighted by molar-refractivity contribution is -0.245. The predicted molar refractivity (Wildman–Crippen MR) is 173 cm³/mol. The second-order valence-electron chi connectivity index (χ2n) is 17.8. The molecular formula is C36H64N4O3. The van der Waals surface area contributed by atoms with Crippen LogP contribution in [0.25, 0.3) is 0 Å². The summed E-state index contributed by atoms with van der Waals surface area (Å²) in [4.78, 5) is 13.5. The number of hydrogen-bond donors (Lipinski definition) is 4. The molecule has 43 heavy (non-hydrogen) atoms. The zero-order valence-electron chi connectivity index (χ0n) is 29.0. The lowest BCUT2D eigenvalue weighted by Gasteiger charge is -2.71. The average molecular weight is 601 g/mol. The zero-order chi connectivity index (χ0) is 32.0. The second kappa shape index (κ2) is 10.8. The van der Waals surface area contributed by atoms with Crippen LogP contribution in [-0.2, 0) is 14.3 Å². The van der Waals surface area contributed by atoms with E-state index in [9.17, 15) is 4.79 Å². The van der Waals surface area contributed by atoms with E-state index >= 15 is 0 Å². The van der Waals surface area contributed by atoms with Crippen molar-refractivity contribution in [2.45, 2.75) is 125 Å². The molecule has 0 aromatic carbocycles. The Morgan fingerprint density at radius 1 is 1.09 bits per heavy atom. The molecule has 12 atom stereocenters. The van der Waals surface area contributed by atoms with Crippen molar-refractivity contribution in [1.82, 2.24) is 5.43 Å². The number of rotatable bonds is 8. The molecule has 4 aliphatic carbocycles. The number of allylic oxidation sites excluding steroid dienone is 1. The van der Waals surface area contributed by atoms with Crippen LogP contribution in [0.4, 0.5) is 0 Å². The van der Waals surface area contributed by atoms with Crippen molar-refractivity contribution < 1.29 is 14.3 Å². The number of carbonyl (C=O) groups is 1. The van der Waals surface area contributed by atoms with Crippen LogP contribution in [0.1, 0.15) is 108 Å². The highest BCUT2D eigenvalue weighted by Gasteiger charge is 2.71. The first-order chi connectivity index (χ1) is 19.9. The fourth-order valence-electron chi connectivity index (χ4n) is 11.6. The van der Waals surface area contributed by atoms with Gasteiger partial charge in [-0.2, -0.15) is 0 Å². The number of ether oxygens (including phenoxy) is 2. The topological polar surface area (TPSA) is 126 Å². The summed E-state index contributed by atoms with van der Waals surface area (Å²) in [6, 6.07) is 0.00813. The van der Waals surface area contributed by atoms with Crippen LogP contribution in [0.5, 0.6) is 0 Å². The first-order valence-corrected chi connectivity index (χ1v) is 17.3. The maximum atomic E-state index is 13.5. The number of fused-ring (bicyclic) bond motifs is 3. The molecule has 1 aliphatic heterocycles. The number of hydrogen-bond acceptors (Lipinski definition) is 6. The van der Waals surface area contributed by atoms with Crippen molar-refractivity contribution in [3.05, 3.63) is 11.6 Å². The molecule has 0 radical (unpaired) electrons. The van der Waals surface area contributed by atoms with E-state index in [4.69, 9.17) is 26.8 Å². The molecule has 1 saturated heterocycles. The normalized spacial score (nSPS) is 48.0. The third kappa shape index (κ3) is 4.56. The lowest BCUT2D eigenvalue weighted by atomic mass is 9.34. The van der Waals surface area contributed by atoms with E-state index in [0.29, 0.717) is 42.8 Å². The highest BCUT2D eigenvalue weighted by Crippen LogP contribution is 2.74. The Labute approximate surface area is 262 Å². The van der Waals surface area contributed by atoms with Gasteiger partial charge in [0.2, 0.25) is 5.91 Å². The molecule has 246 valence electrons. The maximum absolute atomic E-state index is 13.5. The standard InChI is InChI=1S/C36H64N4O3/c1-21(2)23(5)31(6)15-16-33(8)24-11-12-27-32(7)18-42-20-36(27,25(24)13-14-34(33,9)28(31)30(37)41)17-26(40-39)29(32)43-19-35(10,38)22(3)4/h13,21-24,26-29,40H,11-12,14-20,38-39H2,1-10H3,(H2,37,41)/t23-,24+,26-,27+,28-,29+,31-,32?,33-,34+,35-,36+/m1/s1. The second-order valence-corrected chi connectivity index (χ2v) is 17.8. The van der Waals surface area contributed by atoms with Crippen LogP contribution in [0, 0.1) is 62.6 Å². The molecule has 7 N–H and O–H groups in total. The Kier molecular flexibility index (Phi) is 8.37. The van der Waals surface area contributed by atoms with Gasteiger partial charge in [-0.25, -0.2) is 0 Å². The summed E-state index contributed by atoms with van der Waals surface area (Å²) in [5.74, 6) is 8.15. The van der Waals surface area contributed by atoms with E-state index in [0.717, 1.165) is 45.1 Å². The highest BCUT2D eigenvalue weighted by atomic mass is 16.5. The van der Waals surface area contributed by atoms with Gasteiger partial charge in [-0.05, 0) is 91.3 Å². The molecule has 3 saturated carbocycles. The highest BCUT2D eigenvalue weighted by molar-refractivity contribution is 5.79. The summed E-state index contributed by atoms with van der Waals surface area (Å²) in [7, 11) is 0. The van der Waals surface area contributed by atoms with Gasteiger partial charge in [-0.15, -0.1) is 0 Å². The number of amides is 1. The van der Waals surface area contributed by atoms with E-state index in [2.05, 4.69) is 80.7 Å². The summed E-state index contributed by atoms with van der Waals surface area (Å²) >= 11 is 0. The van der Waals surface area contributed by atoms with Gasteiger partial charge in [-0.3, -0.25) is 16.1 Å². The third-order valence-electron chi connectivity index (χ3n) is 15.3. The number of nitrogens with one attached hydrogen (secondary N) is 1. The van der Waals surface area contributed by atoms with Gasteiger partial charge in [0.05, 0.1) is 25.9 Å². The first-order valence-electron chi connectivity index (χ1n) is 17.3. The molecule has 2 bridgehead atoms. The summed E-state index contributed by atoms with van der Waals surface area (Å²) < 4.78 is 13.4. The van der Waals surface area contributed by atoms with Crippen molar-refractivity contribution in [2.24, 2.45) is 79.9 Å². The van der Waals surface area contributed by atoms with E-state index < -0.39 is 5.54 Å². The Morgan fingerprint density at radius 3 is 2.35 bits per heavy atom. The average Bonchev–Trinajstić information content (AvgIpc) is 2.91. The Bertz CT molecular complexity index is 1120. The molecule has 0 aromatic heterocycles. The van der Waals surface area contributed by atoms with Crippen LogP contribution in [0.15, 0.2) is 11.6 Å². The predicted octanol–water partition coefficient (Wildman–Crippen LogP) is 5.57. The monoisotopic (exact) mass is 600 g/mol. The number of nitrogens with two attached hydrogens (primary N) is 3. The van der Waals surface area contributed by atoms with Crippen LogP contribution in [0.3, 0.4) is 0 Å². The Morgan fingerprint density at radius 2 is 1.77 bits per heavy atom. The SMILES string of the molecule is CC(C)[C@@H](C)[C@@]1(C)CC[C@]2(C)[C@H]3CC[C@H]4C5(C)COC[C@@]4(C[C@@H](NN)[C@@H]5OC[C@@](C)(N)C(C)C)C3=CC[C@@]2(C)[C@@H]1C(N)=O. The van der Waals surface area contributed by atoms with Crippen molar-refractivity contribution in [3.8, 4) is 0 Å². The fourth-order valence-corrected chi connectivity index (χ4v) is 11.6. The van der Waals surface area contributed by atoms with Gasteiger partial charge in [-0.1, -0.05) is 74.0 Å². The quantitative estimate of drug-likeness (QED) is 0.164. The minimum atomic E-state index is -0.415. The van der Waals surface area contributed by atoms with Gasteiger partial charge in [0.1, 0.15) is 0 Å². The van der Waals surface area contributed by atoms with Crippen LogP contribution in [-0.4, -0.2) is 43.4 Å².